The minimum atomic E-state index is -4.57. The molecular formula is C22H24ClF3N6O4. The molecule has 10 nitrogen and oxygen atoms in total. The van der Waals surface area contributed by atoms with Gasteiger partial charge in [0.1, 0.15) is 5.75 Å². The van der Waals surface area contributed by atoms with E-state index in [0.717, 1.165) is 12.0 Å². The summed E-state index contributed by atoms with van der Waals surface area (Å²) in [4.78, 5) is 22.9. The van der Waals surface area contributed by atoms with Crippen molar-refractivity contribution in [1.29, 1.82) is 0 Å². The number of carboxylic acids is 1. The molecule has 0 aliphatic rings. The van der Waals surface area contributed by atoms with E-state index >= 15 is 0 Å². The van der Waals surface area contributed by atoms with E-state index in [0.29, 0.717) is 24.6 Å². The third-order valence-corrected chi connectivity index (χ3v) is 4.36. The summed E-state index contributed by atoms with van der Waals surface area (Å²) in [5, 5.41) is 14.7. The Morgan fingerprint density at radius 2 is 1.64 bits per heavy atom. The van der Waals surface area contributed by atoms with Crippen molar-refractivity contribution in [2.45, 2.75) is 19.1 Å². The zero-order valence-corrected chi connectivity index (χ0v) is 19.6. The number of nitrogens with zero attached hydrogens (tertiary/aromatic N) is 3. The van der Waals surface area contributed by atoms with Gasteiger partial charge in [0.15, 0.2) is 6.61 Å². The number of benzene rings is 2. The lowest BCUT2D eigenvalue weighted by molar-refractivity contribution is -0.154. The van der Waals surface area contributed by atoms with Crippen LogP contribution in [0, 0.1) is 0 Å². The monoisotopic (exact) mass is 528 g/mol. The first-order valence-electron chi connectivity index (χ1n) is 10.4. The Bertz CT molecular complexity index is 1120. The van der Waals surface area contributed by atoms with E-state index in [4.69, 9.17) is 15.6 Å². The number of hydrogen-bond acceptors (Lipinski definition) is 9. The highest BCUT2D eigenvalue weighted by Crippen LogP contribution is 2.21. The number of rotatable bonds is 12. The Labute approximate surface area is 210 Å². The van der Waals surface area contributed by atoms with Crippen molar-refractivity contribution in [3.63, 3.8) is 0 Å². The molecule has 0 amide bonds. The number of ether oxygens (including phenoxy) is 2. The Morgan fingerprint density at radius 1 is 0.972 bits per heavy atom. The number of nitrogens with two attached hydrogens (primary N) is 1. The van der Waals surface area contributed by atoms with E-state index in [1.54, 1.807) is 12.1 Å². The molecule has 1 aromatic heterocycles. The average Bonchev–Trinajstić information content (AvgIpc) is 2.82. The van der Waals surface area contributed by atoms with Crippen LogP contribution in [-0.4, -0.2) is 52.0 Å². The maximum Gasteiger partial charge on any atom is 0.422 e. The second-order valence-electron chi connectivity index (χ2n) is 7.16. The second kappa shape index (κ2) is 13.3. The molecule has 2 aromatic carbocycles. The van der Waals surface area contributed by atoms with Gasteiger partial charge in [0, 0.05) is 12.2 Å². The molecule has 14 heteroatoms. The van der Waals surface area contributed by atoms with Gasteiger partial charge in [0.2, 0.25) is 11.9 Å². The Hall–Kier alpha value is -3.84. The summed E-state index contributed by atoms with van der Waals surface area (Å²) in [5.74, 6) is -0.525. The third-order valence-electron chi connectivity index (χ3n) is 4.36. The number of halogens is 4. The SMILES string of the molecule is Cl.NCCCOc1ccc(CNc2nc(Nc3ccc(C(=O)O)cc3)nc(OCC(F)(F)F)n2)cc1. The molecule has 3 rings (SSSR count). The van der Waals surface area contributed by atoms with E-state index in [2.05, 4.69) is 30.3 Å². The Morgan fingerprint density at radius 3 is 2.25 bits per heavy atom. The zero-order chi connectivity index (χ0) is 25.3. The van der Waals surface area contributed by atoms with E-state index < -0.39 is 24.8 Å². The van der Waals surface area contributed by atoms with Crippen molar-refractivity contribution >= 4 is 36.0 Å². The van der Waals surface area contributed by atoms with Crippen LogP contribution in [0.3, 0.4) is 0 Å². The topological polar surface area (TPSA) is 145 Å². The van der Waals surface area contributed by atoms with Crippen LogP contribution in [0.4, 0.5) is 30.8 Å². The molecule has 3 aromatic rings. The minimum absolute atomic E-state index is 0. The molecule has 0 saturated heterocycles. The van der Waals surface area contributed by atoms with Crippen molar-refractivity contribution in [1.82, 2.24) is 15.0 Å². The van der Waals surface area contributed by atoms with Crippen molar-refractivity contribution in [3.05, 3.63) is 59.7 Å². The largest absolute Gasteiger partial charge is 0.494 e. The number of alkyl halides is 3. The first-order valence-corrected chi connectivity index (χ1v) is 10.4. The predicted octanol–water partition coefficient (Wildman–Crippen LogP) is 4.02. The van der Waals surface area contributed by atoms with E-state index in [1.165, 1.54) is 24.3 Å². The summed E-state index contributed by atoms with van der Waals surface area (Å²) in [6.45, 7) is -0.269. The maximum absolute atomic E-state index is 12.6. The Balaban J connectivity index is 0.00000456. The summed E-state index contributed by atoms with van der Waals surface area (Å²) in [5.41, 5.74) is 6.76. The summed E-state index contributed by atoms with van der Waals surface area (Å²) >= 11 is 0. The van der Waals surface area contributed by atoms with Crippen molar-refractivity contribution in [2.24, 2.45) is 5.73 Å². The number of nitrogens with one attached hydrogen (secondary N) is 2. The first kappa shape index (κ1) is 28.4. The van der Waals surface area contributed by atoms with Gasteiger partial charge in [-0.25, -0.2) is 4.79 Å². The minimum Gasteiger partial charge on any atom is -0.494 e. The summed E-state index contributed by atoms with van der Waals surface area (Å²) in [6, 6.07) is 12.3. The number of anilines is 3. The van der Waals surface area contributed by atoms with Crippen molar-refractivity contribution < 1.29 is 32.5 Å². The number of hydrogen-bond donors (Lipinski definition) is 4. The molecule has 194 valence electrons. The molecule has 5 N–H and O–H groups in total. The van der Waals surface area contributed by atoms with E-state index in [1.807, 2.05) is 12.1 Å². The molecule has 0 bridgehead atoms. The van der Waals surface area contributed by atoms with Crippen LogP contribution in [0.15, 0.2) is 48.5 Å². The molecule has 0 spiro atoms. The molecule has 0 unspecified atom stereocenters. The molecule has 1 heterocycles. The second-order valence-corrected chi connectivity index (χ2v) is 7.16. The standard InChI is InChI=1S/C22H23F3N6O4.ClH/c23-22(24,25)13-35-21-30-19(27-12-14-2-8-17(9-3-14)34-11-1-10-26)29-20(31-21)28-16-6-4-15(5-7-16)18(32)33;/h2-9H,1,10-13,26H2,(H,32,33)(H2,27,28,29,30,31);1H. The van der Waals surface area contributed by atoms with Crippen LogP contribution in [0.5, 0.6) is 11.8 Å². The van der Waals surface area contributed by atoms with Gasteiger partial charge in [-0.15, -0.1) is 12.4 Å². The molecule has 0 aliphatic heterocycles. The van der Waals surface area contributed by atoms with Gasteiger partial charge in [-0.05, 0) is 54.9 Å². The van der Waals surface area contributed by atoms with Crippen molar-refractivity contribution in [3.8, 4) is 11.8 Å². The van der Waals surface area contributed by atoms with Crippen molar-refractivity contribution in [2.75, 3.05) is 30.4 Å². The lowest BCUT2D eigenvalue weighted by atomic mass is 10.2. The van der Waals surface area contributed by atoms with E-state index in [-0.39, 0.29) is 36.4 Å². The molecule has 0 atom stereocenters. The van der Waals surface area contributed by atoms with Crippen LogP contribution in [-0.2, 0) is 6.54 Å². The van der Waals surface area contributed by atoms with Crippen LogP contribution in [0.1, 0.15) is 22.3 Å². The molecule has 0 aliphatic carbocycles. The van der Waals surface area contributed by atoms with Gasteiger partial charge >= 0.3 is 18.2 Å². The normalized spacial score (nSPS) is 10.8. The highest BCUT2D eigenvalue weighted by molar-refractivity contribution is 5.88. The fourth-order valence-corrected chi connectivity index (χ4v) is 2.69. The third kappa shape index (κ3) is 9.43. The molecular weight excluding hydrogens is 505 g/mol. The number of aromatic carboxylic acids is 1. The predicted molar refractivity (Wildman–Crippen MR) is 128 cm³/mol. The van der Waals surface area contributed by atoms with Gasteiger partial charge < -0.3 is 30.9 Å². The van der Waals surface area contributed by atoms with Gasteiger partial charge in [-0.3, -0.25) is 0 Å². The fraction of sp³-hybridized carbons (Fsp3) is 0.273. The first-order chi connectivity index (χ1) is 16.7. The summed E-state index contributed by atoms with van der Waals surface area (Å²) < 4.78 is 48.0. The zero-order valence-electron chi connectivity index (χ0n) is 18.8. The highest BCUT2D eigenvalue weighted by Gasteiger charge is 2.29. The molecule has 0 fully saturated rings. The Kier molecular flexibility index (Phi) is 10.5. The lowest BCUT2D eigenvalue weighted by Gasteiger charge is -2.12. The molecule has 0 saturated carbocycles. The summed E-state index contributed by atoms with van der Waals surface area (Å²) in [7, 11) is 0. The van der Waals surface area contributed by atoms with Crippen LogP contribution in [0.2, 0.25) is 0 Å². The van der Waals surface area contributed by atoms with Gasteiger partial charge in [0.25, 0.3) is 0 Å². The smallest absolute Gasteiger partial charge is 0.422 e. The lowest BCUT2D eigenvalue weighted by Crippen LogP contribution is -2.21. The maximum atomic E-state index is 12.6. The number of carboxylic acid groups (broad SMARTS) is 1. The average molecular weight is 529 g/mol. The number of carbonyl (C=O) groups is 1. The summed E-state index contributed by atoms with van der Waals surface area (Å²) in [6.07, 6.45) is -3.84. The fourth-order valence-electron chi connectivity index (χ4n) is 2.69. The number of aromatic nitrogens is 3. The van der Waals surface area contributed by atoms with Crippen LogP contribution >= 0.6 is 12.4 Å². The molecule has 36 heavy (non-hydrogen) atoms. The molecule has 0 radical (unpaired) electrons. The van der Waals surface area contributed by atoms with Crippen LogP contribution in [0.25, 0.3) is 0 Å². The van der Waals surface area contributed by atoms with E-state index in [9.17, 15) is 18.0 Å². The highest BCUT2D eigenvalue weighted by atomic mass is 35.5. The van der Waals surface area contributed by atoms with Crippen LogP contribution < -0.4 is 25.8 Å². The quantitative estimate of drug-likeness (QED) is 0.254. The van der Waals surface area contributed by atoms with Gasteiger partial charge in [-0.2, -0.15) is 28.1 Å². The van der Waals surface area contributed by atoms with Gasteiger partial charge in [-0.1, -0.05) is 12.1 Å². The van der Waals surface area contributed by atoms with Gasteiger partial charge in [0.05, 0.1) is 12.2 Å².